The fourth-order valence-corrected chi connectivity index (χ4v) is 4.97. The average Bonchev–Trinajstić information content (AvgIpc) is 2.79. The Kier molecular flexibility index (Phi) is 1.86. The van der Waals surface area contributed by atoms with Crippen molar-refractivity contribution in [3.05, 3.63) is 6.33 Å². The van der Waals surface area contributed by atoms with Crippen LogP contribution in [-0.4, -0.2) is 26.6 Å². The number of nitrogen functional groups attached to an aromatic ring is 1. The first kappa shape index (κ1) is 10.9. The molecule has 2 heterocycles. The lowest BCUT2D eigenvalue weighted by Crippen LogP contribution is -2.08. The van der Waals surface area contributed by atoms with Gasteiger partial charge in [0.15, 0.2) is 11.2 Å². The molecule has 0 aromatic carbocycles. The second-order valence-electron chi connectivity index (χ2n) is 6.37. The third kappa shape index (κ3) is 1.13. The van der Waals surface area contributed by atoms with E-state index in [1.165, 1.54) is 25.6 Å². The quantitative estimate of drug-likeness (QED) is 0.898. The number of nitrogens with zero attached hydrogens (tertiary/aromatic N) is 4. The highest BCUT2D eigenvalue weighted by atomic mass is 16.5. The van der Waals surface area contributed by atoms with Crippen LogP contribution in [-0.2, 0) is 0 Å². The molecule has 2 aromatic rings. The molecule has 5 rings (SSSR count). The minimum absolute atomic E-state index is 0.505. The highest BCUT2D eigenvalue weighted by molar-refractivity contribution is 5.79. The maximum atomic E-state index is 6.16. The molecule has 2 bridgehead atoms. The molecule has 2 aromatic heterocycles. The number of rotatable bonds is 2. The monoisotopic (exact) mass is 271 g/mol. The van der Waals surface area contributed by atoms with Crippen molar-refractivity contribution in [1.29, 1.82) is 0 Å². The molecule has 104 valence electrons. The van der Waals surface area contributed by atoms with E-state index in [1.807, 2.05) is 0 Å². The lowest BCUT2D eigenvalue weighted by Gasteiger charge is -2.11. The van der Waals surface area contributed by atoms with Crippen molar-refractivity contribution < 1.29 is 4.74 Å². The van der Waals surface area contributed by atoms with Crippen molar-refractivity contribution in [2.45, 2.75) is 25.3 Å². The van der Waals surface area contributed by atoms with Gasteiger partial charge in [-0.3, -0.25) is 4.57 Å². The molecule has 3 saturated carbocycles. The molecular formula is C14H17N5O. The Bertz CT molecular complexity index is 695. The number of methoxy groups -OCH3 is 1. The summed E-state index contributed by atoms with van der Waals surface area (Å²) >= 11 is 0. The molecule has 2 N–H and O–H groups in total. The van der Waals surface area contributed by atoms with Crippen LogP contribution in [0.15, 0.2) is 6.33 Å². The maximum absolute atomic E-state index is 6.16. The van der Waals surface area contributed by atoms with E-state index < -0.39 is 0 Å². The Morgan fingerprint density at radius 2 is 2.00 bits per heavy atom. The Balaban J connectivity index is 1.65. The van der Waals surface area contributed by atoms with Gasteiger partial charge in [-0.15, -0.1) is 0 Å². The summed E-state index contributed by atoms with van der Waals surface area (Å²) in [5, 5.41) is 0. The third-order valence-electron chi connectivity index (χ3n) is 5.66. The van der Waals surface area contributed by atoms with Gasteiger partial charge in [-0.05, 0) is 42.9 Å². The van der Waals surface area contributed by atoms with Gasteiger partial charge in [-0.2, -0.15) is 4.98 Å². The molecule has 3 aliphatic carbocycles. The van der Waals surface area contributed by atoms with E-state index in [0.717, 1.165) is 29.3 Å². The summed E-state index contributed by atoms with van der Waals surface area (Å²) in [5.74, 6) is 4.46. The van der Waals surface area contributed by atoms with Crippen LogP contribution in [0.2, 0.25) is 0 Å². The van der Waals surface area contributed by atoms with Crippen LogP contribution in [0, 0.1) is 23.7 Å². The van der Waals surface area contributed by atoms with Gasteiger partial charge in [0.1, 0.15) is 6.33 Å². The zero-order valence-corrected chi connectivity index (χ0v) is 11.4. The Morgan fingerprint density at radius 3 is 2.70 bits per heavy atom. The Labute approximate surface area is 116 Å². The molecule has 0 amide bonds. The Hall–Kier alpha value is -1.85. The van der Waals surface area contributed by atoms with E-state index in [1.54, 1.807) is 7.11 Å². The summed E-state index contributed by atoms with van der Waals surface area (Å²) in [4.78, 5) is 12.9. The number of hydrogen-bond donors (Lipinski definition) is 1. The Morgan fingerprint density at radius 1 is 1.25 bits per heavy atom. The van der Waals surface area contributed by atoms with Crippen molar-refractivity contribution in [2.24, 2.45) is 23.7 Å². The predicted octanol–water partition coefficient (Wildman–Crippen LogP) is 1.63. The molecule has 6 nitrogen and oxygen atoms in total. The van der Waals surface area contributed by atoms with Crippen LogP contribution in [0.3, 0.4) is 0 Å². The number of aromatic nitrogens is 4. The first-order valence-electron chi connectivity index (χ1n) is 7.32. The standard InChI is InChI=1S/C14H17N5O/c1-20-13-10-12(16-5-17-13)19(14(15)18-10)11-8-6-2-3-7(4-6)9(8)11/h5-9,11H,2-4H2,1H3,(H2,15,18). The van der Waals surface area contributed by atoms with Gasteiger partial charge in [-0.1, -0.05) is 0 Å². The van der Waals surface area contributed by atoms with Crippen molar-refractivity contribution in [3.8, 4) is 5.88 Å². The van der Waals surface area contributed by atoms with Crippen molar-refractivity contribution >= 4 is 17.1 Å². The van der Waals surface area contributed by atoms with Crippen LogP contribution in [0.25, 0.3) is 11.2 Å². The molecule has 4 unspecified atom stereocenters. The highest BCUT2D eigenvalue weighted by Gasteiger charge is 2.66. The minimum atomic E-state index is 0.505. The molecule has 0 radical (unpaired) electrons. The molecular weight excluding hydrogens is 254 g/mol. The van der Waals surface area contributed by atoms with Crippen LogP contribution in [0.1, 0.15) is 25.3 Å². The molecule has 0 saturated heterocycles. The smallest absolute Gasteiger partial charge is 0.245 e. The van der Waals surface area contributed by atoms with E-state index >= 15 is 0 Å². The SMILES string of the molecule is COc1ncnc2c1nc(N)n2C1C2C3CCC(C3)C21. The number of nitrogens with two attached hydrogens (primary N) is 1. The van der Waals surface area contributed by atoms with Crippen LogP contribution in [0.5, 0.6) is 5.88 Å². The number of fused-ring (bicyclic) bond motifs is 6. The van der Waals surface area contributed by atoms with Crippen molar-refractivity contribution in [1.82, 2.24) is 19.5 Å². The van der Waals surface area contributed by atoms with Crippen LogP contribution in [0.4, 0.5) is 5.95 Å². The molecule has 3 aliphatic rings. The summed E-state index contributed by atoms with van der Waals surface area (Å²) < 4.78 is 7.40. The van der Waals surface area contributed by atoms with Gasteiger partial charge in [-0.25, -0.2) is 9.97 Å². The molecule has 0 aliphatic heterocycles. The van der Waals surface area contributed by atoms with E-state index in [9.17, 15) is 0 Å². The van der Waals surface area contributed by atoms with E-state index in [2.05, 4.69) is 19.5 Å². The van der Waals surface area contributed by atoms with Gasteiger partial charge in [0.2, 0.25) is 11.8 Å². The van der Waals surface area contributed by atoms with Gasteiger partial charge in [0.05, 0.1) is 7.11 Å². The van der Waals surface area contributed by atoms with Gasteiger partial charge < -0.3 is 10.5 Å². The first-order chi connectivity index (χ1) is 9.79. The van der Waals surface area contributed by atoms with Crippen molar-refractivity contribution in [3.63, 3.8) is 0 Å². The van der Waals surface area contributed by atoms with Crippen LogP contribution >= 0.6 is 0 Å². The fraction of sp³-hybridized carbons (Fsp3) is 0.643. The molecule has 6 heteroatoms. The zero-order chi connectivity index (χ0) is 13.4. The van der Waals surface area contributed by atoms with Gasteiger partial charge in [0.25, 0.3) is 0 Å². The second-order valence-corrected chi connectivity index (χ2v) is 6.37. The largest absolute Gasteiger partial charge is 0.479 e. The summed E-state index contributed by atoms with van der Waals surface area (Å²) in [7, 11) is 1.60. The molecule has 4 atom stereocenters. The summed E-state index contributed by atoms with van der Waals surface area (Å²) in [6.45, 7) is 0. The number of ether oxygens (including phenoxy) is 1. The van der Waals surface area contributed by atoms with Crippen molar-refractivity contribution in [2.75, 3.05) is 12.8 Å². The fourth-order valence-electron chi connectivity index (χ4n) is 4.97. The zero-order valence-electron chi connectivity index (χ0n) is 11.4. The normalized spacial score (nSPS) is 37.4. The maximum Gasteiger partial charge on any atom is 0.245 e. The third-order valence-corrected chi connectivity index (χ3v) is 5.66. The predicted molar refractivity (Wildman–Crippen MR) is 73.1 cm³/mol. The summed E-state index contributed by atoms with van der Waals surface area (Å²) in [5.41, 5.74) is 7.67. The van der Waals surface area contributed by atoms with E-state index in [0.29, 0.717) is 23.4 Å². The van der Waals surface area contributed by atoms with Crippen LogP contribution < -0.4 is 10.5 Å². The number of hydrogen-bond acceptors (Lipinski definition) is 5. The molecule has 20 heavy (non-hydrogen) atoms. The van der Waals surface area contributed by atoms with E-state index in [-0.39, 0.29) is 0 Å². The second kappa shape index (κ2) is 3.42. The molecule has 0 spiro atoms. The summed E-state index contributed by atoms with van der Waals surface area (Å²) in [6, 6.07) is 0.505. The lowest BCUT2D eigenvalue weighted by molar-refractivity contribution is 0.401. The average molecular weight is 271 g/mol. The highest BCUT2D eigenvalue weighted by Crippen LogP contribution is 2.72. The lowest BCUT2D eigenvalue weighted by atomic mass is 10.0. The van der Waals surface area contributed by atoms with Gasteiger partial charge in [0, 0.05) is 6.04 Å². The topological polar surface area (TPSA) is 78.8 Å². The molecule has 3 fully saturated rings. The number of anilines is 1. The van der Waals surface area contributed by atoms with Gasteiger partial charge >= 0.3 is 0 Å². The number of imidazole rings is 1. The summed E-state index contributed by atoms with van der Waals surface area (Å²) in [6.07, 6.45) is 5.75. The minimum Gasteiger partial charge on any atom is -0.479 e. The first-order valence-corrected chi connectivity index (χ1v) is 7.32. The van der Waals surface area contributed by atoms with E-state index in [4.69, 9.17) is 10.5 Å².